The number of hydrogen-bond donors (Lipinski definition) is 3. The summed E-state index contributed by atoms with van der Waals surface area (Å²) in [6.07, 6.45) is 8.80. The van der Waals surface area contributed by atoms with E-state index in [1.54, 1.807) is 13.0 Å². The summed E-state index contributed by atoms with van der Waals surface area (Å²) in [6.45, 7) is 1.88. The first-order chi connectivity index (χ1) is 12.0. The number of nitrogens with one attached hydrogen (secondary N) is 2. The molecule has 2 rings (SSSR count). The Morgan fingerprint density at radius 3 is 2.44 bits per heavy atom. The average Bonchev–Trinajstić information content (AvgIpc) is 2.84. The number of carbonyl (C=O) groups excluding carboxylic acids is 2. The molecule has 1 atom stereocenters. The molecular weight excluding hydrogens is 316 g/mol. The van der Waals surface area contributed by atoms with Gasteiger partial charge in [-0.2, -0.15) is 0 Å². The molecule has 1 aliphatic carbocycles. The van der Waals surface area contributed by atoms with Crippen molar-refractivity contribution in [3.8, 4) is 0 Å². The topological polar surface area (TPSA) is 78.4 Å². The molecule has 2 amide bonds. The van der Waals surface area contributed by atoms with Crippen molar-refractivity contribution < 1.29 is 14.7 Å². The zero-order valence-corrected chi connectivity index (χ0v) is 14.8. The number of rotatable bonds is 6. The smallest absolute Gasteiger partial charge is 0.244 e. The summed E-state index contributed by atoms with van der Waals surface area (Å²) >= 11 is 0. The van der Waals surface area contributed by atoms with Gasteiger partial charge >= 0.3 is 0 Å². The van der Waals surface area contributed by atoms with Gasteiger partial charge in [-0.1, -0.05) is 56.0 Å². The molecule has 1 aliphatic rings. The lowest BCUT2D eigenvalue weighted by molar-refractivity contribution is -0.127. The molecule has 1 unspecified atom stereocenters. The van der Waals surface area contributed by atoms with Crippen LogP contribution < -0.4 is 10.6 Å². The van der Waals surface area contributed by atoms with E-state index in [2.05, 4.69) is 10.6 Å². The third kappa shape index (κ3) is 6.70. The maximum Gasteiger partial charge on any atom is 0.244 e. The monoisotopic (exact) mass is 344 g/mol. The second kappa shape index (κ2) is 9.37. The van der Waals surface area contributed by atoms with E-state index < -0.39 is 11.6 Å². The molecule has 1 aromatic carbocycles. The maximum atomic E-state index is 12.2. The number of aliphatic hydroxyl groups is 1. The average molecular weight is 344 g/mol. The summed E-state index contributed by atoms with van der Waals surface area (Å²) < 4.78 is 0. The Hall–Kier alpha value is -2.14. The van der Waals surface area contributed by atoms with Gasteiger partial charge in [0.15, 0.2) is 0 Å². The van der Waals surface area contributed by atoms with Crippen LogP contribution in [0.4, 0.5) is 0 Å². The highest BCUT2D eigenvalue weighted by Crippen LogP contribution is 2.26. The van der Waals surface area contributed by atoms with E-state index >= 15 is 0 Å². The first kappa shape index (κ1) is 19.2. The van der Waals surface area contributed by atoms with Crippen LogP contribution >= 0.6 is 0 Å². The summed E-state index contributed by atoms with van der Waals surface area (Å²) in [4.78, 5) is 24.1. The lowest BCUT2D eigenvalue weighted by Crippen LogP contribution is -2.49. The van der Waals surface area contributed by atoms with Gasteiger partial charge < -0.3 is 15.7 Å². The van der Waals surface area contributed by atoms with Gasteiger partial charge in [0.05, 0.1) is 5.60 Å². The number of amides is 2. The first-order valence-corrected chi connectivity index (χ1v) is 9.02. The van der Waals surface area contributed by atoms with E-state index in [1.165, 1.54) is 6.08 Å². The Balaban J connectivity index is 1.77. The van der Waals surface area contributed by atoms with Crippen LogP contribution in [0.15, 0.2) is 36.4 Å². The Bertz CT molecular complexity index is 590. The molecule has 0 saturated heterocycles. The predicted molar refractivity (Wildman–Crippen MR) is 98.7 cm³/mol. The van der Waals surface area contributed by atoms with Crippen LogP contribution in [0.1, 0.15) is 51.0 Å². The second-order valence-electron chi connectivity index (χ2n) is 6.83. The molecule has 3 N–H and O–H groups in total. The van der Waals surface area contributed by atoms with Crippen molar-refractivity contribution in [3.63, 3.8) is 0 Å². The van der Waals surface area contributed by atoms with Crippen LogP contribution in [-0.2, 0) is 9.59 Å². The Morgan fingerprint density at radius 1 is 1.16 bits per heavy atom. The highest BCUT2D eigenvalue weighted by Gasteiger charge is 2.29. The Labute approximate surface area is 149 Å². The zero-order valence-electron chi connectivity index (χ0n) is 14.8. The molecular formula is C20H28N2O3. The van der Waals surface area contributed by atoms with Gasteiger partial charge in [0.2, 0.25) is 11.8 Å². The molecule has 25 heavy (non-hydrogen) atoms. The second-order valence-corrected chi connectivity index (χ2v) is 6.83. The van der Waals surface area contributed by atoms with E-state index in [0.29, 0.717) is 12.8 Å². The highest BCUT2D eigenvalue weighted by molar-refractivity contribution is 5.95. The summed E-state index contributed by atoms with van der Waals surface area (Å²) in [5, 5.41) is 16.0. The van der Waals surface area contributed by atoms with Gasteiger partial charge in [-0.15, -0.1) is 0 Å². The molecule has 0 heterocycles. The van der Waals surface area contributed by atoms with E-state index in [9.17, 15) is 14.7 Å². The van der Waals surface area contributed by atoms with Crippen LogP contribution in [0, 0.1) is 0 Å². The van der Waals surface area contributed by atoms with E-state index in [-0.39, 0.29) is 18.4 Å². The molecule has 0 bridgehead atoms. The van der Waals surface area contributed by atoms with E-state index in [0.717, 1.165) is 31.2 Å². The quantitative estimate of drug-likeness (QED) is 0.548. The van der Waals surface area contributed by atoms with E-state index in [4.69, 9.17) is 0 Å². The van der Waals surface area contributed by atoms with Crippen molar-refractivity contribution in [1.29, 1.82) is 0 Å². The summed E-state index contributed by atoms with van der Waals surface area (Å²) in [5.74, 6) is -0.598. The molecule has 0 radical (unpaired) electrons. The molecule has 0 spiro atoms. The fraction of sp³-hybridized carbons (Fsp3) is 0.500. The van der Waals surface area contributed by atoms with Gasteiger partial charge in [0.25, 0.3) is 0 Å². The third-order valence-electron chi connectivity index (χ3n) is 4.60. The molecule has 5 nitrogen and oxygen atoms in total. The molecule has 0 aliphatic heterocycles. The summed E-state index contributed by atoms with van der Waals surface area (Å²) in [5.41, 5.74) is 0.105. The van der Waals surface area contributed by atoms with Crippen molar-refractivity contribution in [2.75, 3.05) is 6.54 Å². The molecule has 5 heteroatoms. The predicted octanol–water partition coefficient (Wildman–Crippen LogP) is 2.41. The van der Waals surface area contributed by atoms with Gasteiger partial charge in [-0.3, -0.25) is 9.59 Å². The van der Waals surface area contributed by atoms with Crippen LogP contribution in [0.25, 0.3) is 6.08 Å². The summed E-state index contributed by atoms with van der Waals surface area (Å²) in [7, 11) is 0. The highest BCUT2D eigenvalue weighted by atomic mass is 16.3. The van der Waals surface area contributed by atoms with Gasteiger partial charge in [-0.25, -0.2) is 0 Å². The third-order valence-corrected chi connectivity index (χ3v) is 4.60. The van der Waals surface area contributed by atoms with Crippen molar-refractivity contribution in [3.05, 3.63) is 42.0 Å². The lowest BCUT2D eigenvalue weighted by atomic mass is 9.94. The molecule has 1 fully saturated rings. The standard InChI is InChI=1S/C20H28N2O3/c1-16(22-18(23)12-11-17-9-5-4-6-10-17)19(24)21-15-20(25)13-7-2-3-8-14-20/h4-6,9-12,16,25H,2-3,7-8,13-15H2,1H3,(H,21,24)(H,22,23)/b12-11+. The first-order valence-electron chi connectivity index (χ1n) is 9.02. The van der Waals surface area contributed by atoms with E-state index in [1.807, 2.05) is 30.3 Å². The Kier molecular flexibility index (Phi) is 7.19. The van der Waals surface area contributed by atoms with Gasteiger partial charge in [0.1, 0.15) is 6.04 Å². The van der Waals surface area contributed by atoms with Crippen LogP contribution in [0.3, 0.4) is 0 Å². The molecule has 0 aromatic heterocycles. The molecule has 1 aromatic rings. The number of carbonyl (C=O) groups is 2. The SMILES string of the molecule is CC(NC(=O)/C=C/c1ccccc1)C(=O)NCC1(O)CCCCCC1. The van der Waals surface area contributed by atoms with Gasteiger partial charge in [0, 0.05) is 12.6 Å². The minimum Gasteiger partial charge on any atom is -0.388 e. The Morgan fingerprint density at radius 2 is 1.80 bits per heavy atom. The molecule has 1 saturated carbocycles. The number of hydrogen-bond acceptors (Lipinski definition) is 3. The van der Waals surface area contributed by atoms with Crippen LogP contribution in [0.2, 0.25) is 0 Å². The molecule has 136 valence electrons. The zero-order chi connectivity index (χ0) is 18.1. The minimum atomic E-state index is -0.816. The fourth-order valence-corrected chi connectivity index (χ4v) is 3.03. The number of benzene rings is 1. The van der Waals surface area contributed by atoms with Crippen molar-refractivity contribution in [2.45, 2.75) is 57.1 Å². The largest absolute Gasteiger partial charge is 0.388 e. The minimum absolute atomic E-state index is 0.242. The van der Waals surface area contributed by atoms with Gasteiger partial charge in [-0.05, 0) is 31.4 Å². The summed E-state index contributed by atoms with van der Waals surface area (Å²) in [6, 6.07) is 8.84. The lowest BCUT2D eigenvalue weighted by Gasteiger charge is -2.27. The van der Waals surface area contributed by atoms with Crippen molar-refractivity contribution in [2.24, 2.45) is 0 Å². The van der Waals surface area contributed by atoms with Crippen molar-refractivity contribution >= 4 is 17.9 Å². The van der Waals surface area contributed by atoms with Crippen LogP contribution in [0.5, 0.6) is 0 Å². The maximum absolute atomic E-state index is 12.2. The van der Waals surface area contributed by atoms with Crippen LogP contribution in [-0.4, -0.2) is 35.1 Å². The van der Waals surface area contributed by atoms with Crippen molar-refractivity contribution in [1.82, 2.24) is 10.6 Å². The fourth-order valence-electron chi connectivity index (χ4n) is 3.03. The normalized spacial score (nSPS) is 18.3.